The zero-order chi connectivity index (χ0) is 21.9. The van der Waals surface area contributed by atoms with Crippen LogP contribution in [0.3, 0.4) is 0 Å². The molecule has 0 spiro atoms. The van der Waals surface area contributed by atoms with Gasteiger partial charge in [-0.2, -0.15) is 13.2 Å². The second kappa shape index (κ2) is 9.20. The number of nitrogens with zero attached hydrogens (tertiary/aromatic N) is 2. The van der Waals surface area contributed by atoms with Crippen molar-refractivity contribution in [3.05, 3.63) is 52.4 Å². The molecule has 10 heteroatoms. The molecule has 1 aliphatic heterocycles. The molecule has 1 saturated heterocycles. The number of hydrogen-bond donors (Lipinski definition) is 1. The van der Waals surface area contributed by atoms with Crippen LogP contribution in [0.15, 0.2) is 41.0 Å². The molecule has 5 nitrogen and oxygen atoms in total. The van der Waals surface area contributed by atoms with E-state index < -0.39 is 23.7 Å². The van der Waals surface area contributed by atoms with Gasteiger partial charge in [0.25, 0.3) is 5.91 Å². The predicted molar refractivity (Wildman–Crippen MR) is 107 cm³/mol. The number of ether oxygens (including phenoxy) is 1. The monoisotopic (exact) mass is 489 g/mol. The number of anilines is 1. The van der Waals surface area contributed by atoms with Crippen molar-refractivity contribution in [3.8, 4) is 5.75 Å². The molecule has 1 aliphatic rings. The summed E-state index contributed by atoms with van der Waals surface area (Å²) in [6.07, 6.45) is -3.11. The molecule has 0 saturated carbocycles. The second-order valence-electron chi connectivity index (χ2n) is 7.01. The van der Waals surface area contributed by atoms with Gasteiger partial charge in [-0.05, 0) is 66.0 Å². The van der Waals surface area contributed by atoms with Gasteiger partial charge in [0.05, 0.1) is 10.0 Å². The number of pyridine rings is 1. The predicted octanol–water partition coefficient (Wildman–Crippen LogP) is 4.55. The zero-order valence-corrected chi connectivity index (χ0v) is 17.6. The van der Waals surface area contributed by atoms with E-state index in [1.807, 2.05) is 4.90 Å². The molecular formula is C20H20BrF4N3O2. The molecule has 1 aromatic heterocycles. The minimum atomic E-state index is -4.41. The van der Waals surface area contributed by atoms with Crippen molar-refractivity contribution in [1.82, 2.24) is 10.3 Å². The van der Waals surface area contributed by atoms with Crippen molar-refractivity contribution >= 4 is 27.7 Å². The van der Waals surface area contributed by atoms with E-state index in [9.17, 15) is 22.4 Å². The van der Waals surface area contributed by atoms with Gasteiger partial charge in [-0.25, -0.2) is 9.37 Å². The minimum Gasteiger partial charge on any atom is -0.480 e. The zero-order valence-electron chi connectivity index (χ0n) is 16.0. The second-order valence-corrected chi connectivity index (χ2v) is 7.86. The van der Waals surface area contributed by atoms with E-state index in [-0.39, 0.29) is 11.9 Å². The van der Waals surface area contributed by atoms with Crippen molar-refractivity contribution < 1.29 is 27.1 Å². The molecule has 1 amide bonds. The highest BCUT2D eigenvalue weighted by atomic mass is 79.9. The summed E-state index contributed by atoms with van der Waals surface area (Å²) in [6, 6.07) is 6.24. The van der Waals surface area contributed by atoms with Crippen LogP contribution in [0.4, 0.5) is 23.4 Å². The Labute approximate surface area is 179 Å². The van der Waals surface area contributed by atoms with Crippen LogP contribution in [-0.4, -0.2) is 36.1 Å². The van der Waals surface area contributed by atoms with Gasteiger partial charge in [0.2, 0.25) is 0 Å². The normalized spacial score (nSPS) is 16.3. The minimum absolute atomic E-state index is 0.0779. The molecule has 1 unspecified atom stereocenters. The van der Waals surface area contributed by atoms with Crippen molar-refractivity contribution in [1.29, 1.82) is 0 Å². The lowest BCUT2D eigenvalue weighted by Crippen LogP contribution is -2.48. The maximum absolute atomic E-state index is 13.2. The van der Waals surface area contributed by atoms with E-state index in [2.05, 4.69) is 26.2 Å². The first kappa shape index (κ1) is 22.3. The fourth-order valence-corrected chi connectivity index (χ4v) is 3.57. The van der Waals surface area contributed by atoms with E-state index in [0.717, 1.165) is 12.3 Å². The SMILES string of the molecule is CC(Oc1ccc(F)cc1Br)C(=O)NC1CCN(c2ccc(C(F)(F)F)cn2)CC1. The van der Waals surface area contributed by atoms with Gasteiger partial charge in [0, 0.05) is 25.3 Å². The summed E-state index contributed by atoms with van der Waals surface area (Å²) in [6.45, 7) is 2.72. The fourth-order valence-electron chi connectivity index (χ4n) is 3.13. The largest absolute Gasteiger partial charge is 0.480 e. The maximum Gasteiger partial charge on any atom is 0.417 e. The van der Waals surface area contributed by atoms with E-state index in [0.29, 0.717) is 42.0 Å². The van der Waals surface area contributed by atoms with Crippen LogP contribution < -0.4 is 15.0 Å². The van der Waals surface area contributed by atoms with Gasteiger partial charge in [0.15, 0.2) is 6.10 Å². The van der Waals surface area contributed by atoms with Gasteiger partial charge in [0.1, 0.15) is 17.4 Å². The van der Waals surface area contributed by atoms with Gasteiger partial charge >= 0.3 is 6.18 Å². The van der Waals surface area contributed by atoms with Gasteiger partial charge < -0.3 is 15.0 Å². The molecule has 1 fully saturated rings. The van der Waals surface area contributed by atoms with Crippen molar-refractivity contribution in [2.45, 2.75) is 38.1 Å². The van der Waals surface area contributed by atoms with E-state index in [4.69, 9.17) is 4.74 Å². The van der Waals surface area contributed by atoms with Gasteiger partial charge in [-0.15, -0.1) is 0 Å². The Kier molecular flexibility index (Phi) is 6.84. The number of carbonyl (C=O) groups is 1. The number of carbonyl (C=O) groups excluding carboxylic acids is 1. The van der Waals surface area contributed by atoms with E-state index >= 15 is 0 Å². The first-order valence-corrected chi connectivity index (χ1v) is 10.1. The summed E-state index contributed by atoms with van der Waals surface area (Å²) in [7, 11) is 0. The van der Waals surface area contributed by atoms with Crippen LogP contribution in [0.2, 0.25) is 0 Å². The lowest BCUT2D eigenvalue weighted by molar-refractivity contribution is -0.137. The van der Waals surface area contributed by atoms with Gasteiger partial charge in [-0.3, -0.25) is 4.79 Å². The third-order valence-corrected chi connectivity index (χ3v) is 5.43. The number of piperidine rings is 1. The smallest absolute Gasteiger partial charge is 0.417 e. The van der Waals surface area contributed by atoms with Crippen LogP contribution in [0.25, 0.3) is 0 Å². The molecule has 2 aromatic rings. The third-order valence-electron chi connectivity index (χ3n) is 4.81. The molecule has 1 atom stereocenters. The molecule has 30 heavy (non-hydrogen) atoms. The average Bonchev–Trinajstić information content (AvgIpc) is 2.70. The average molecular weight is 490 g/mol. The number of alkyl halides is 3. The summed E-state index contributed by atoms with van der Waals surface area (Å²) in [5, 5.41) is 2.92. The standard InChI is InChI=1S/C20H20BrF4N3O2/c1-12(30-17-4-3-14(22)10-16(17)21)19(29)27-15-6-8-28(9-7-15)18-5-2-13(11-26-18)20(23,24)25/h2-5,10-12,15H,6-9H2,1H3,(H,27,29). The summed E-state index contributed by atoms with van der Waals surface area (Å²) >= 11 is 3.20. The van der Waals surface area contributed by atoms with Crippen molar-refractivity contribution in [3.63, 3.8) is 0 Å². The Morgan fingerprint density at radius 2 is 1.97 bits per heavy atom. The molecule has 2 heterocycles. The Morgan fingerprint density at radius 3 is 2.53 bits per heavy atom. The van der Waals surface area contributed by atoms with Crippen LogP contribution in [0, 0.1) is 5.82 Å². The van der Waals surface area contributed by atoms with Crippen LogP contribution >= 0.6 is 15.9 Å². The molecule has 0 bridgehead atoms. The van der Waals surface area contributed by atoms with Crippen LogP contribution in [0.1, 0.15) is 25.3 Å². The Bertz CT molecular complexity index is 885. The molecular weight excluding hydrogens is 470 g/mol. The topological polar surface area (TPSA) is 54.5 Å². The van der Waals surface area contributed by atoms with Crippen LogP contribution in [0.5, 0.6) is 5.75 Å². The molecule has 0 radical (unpaired) electrons. The molecule has 162 valence electrons. The number of halogens is 5. The number of hydrogen-bond acceptors (Lipinski definition) is 4. The molecule has 1 aromatic carbocycles. The number of nitrogens with one attached hydrogen (secondary N) is 1. The number of aromatic nitrogens is 1. The number of benzene rings is 1. The Hall–Kier alpha value is -2.36. The maximum atomic E-state index is 13.2. The highest BCUT2D eigenvalue weighted by molar-refractivity contribution is 9.10. The summed E-state index contributed by atoms with van der Waals surface area (Å²) < 4.78 is 57.1. The first-order chi connectivity index (χ1) is 14.1. The lowest BCUT2D eigenvalue weighted by Gasteiger charge is -2.33. The van der Waals surface area contributed by atoms with E-state index in [1.165, 1.54) is 24.3 Å². The summed E-state index contributed by atoms with van der Waals surface area (Å²) in [4.78, 5) is 18.2. The van der Waals surface area contributed by atoms with Gasteiger partial charge in [-0.1, -0.05) is 0 Å². The number of amides is 1. The lowest BCUT2D eigenvalue weighted by atomic mass is 10.0. The molecule has 1 N–H and O–H groups in total. The third kappa shape index (κ3) is 5.62. The molecule has 3 rings (SSSR count). The Balaban J connectivity index is 1.49. The van der Waals surface area contributed by atoms with Crippen molar-refractivity contribution in [2.24, 2.45) is 0 Å². The first-order valence-electron chi connectivity index (χ1n) is 9.34. The van der Waals surface area contributed by atoms with Crippen LogP contribution in [-0.2, 0) is 11.0 Å². The fraction of sp³-hybridized carbons (Fsp3) is 0.400. The summed E-state index contributed by atoms with van der Waals surface area (Å²) in [5.74, 6) is 0.130. The highest BCUT2D eigenvalue weighted by Gasteiger charge is 2.31. The summed E-state index contributed by atoms with van der Waals surface area (Å²) in [5.41, 5.74) is -0.782. The Morgan fingerprint density at radius 1 is 1.27 bits per heavy atom. The van der Waals surface area contributed by atoms with E-state index in [1.54, 1.807) is 6.92 Å². The number of rotatable bonds is 5. The molecule has 0 aliphatic carbocycles. The van der Waals surface area contributed by atoms with Crippen molar-refractivity contribution in [2.75, 3.05) is 18.0 Å². The highest BCUT2D eigenvalue weighted by Crippen LogP contribution is 2.30. The quantitative estimate of drug-likeness (QED) is 0.625.